The van der Waals surface area contributed by atoms with Gasteiger partial charge >= 0.3 is 0 Å². The van der Waals surface area contributed by atoms with E-state index in [2.05, 4.69) is 0 Å². The highest BCUT2D eigenvalue weighted by atomic mass is 16.6. The van der Waals surface area contributed by atoms with Gasteiger partial charge in [0.1, 0.15) is 18.3 Å². The molecule has 1 heterocycles. The third kappa shape index (κ3) is 2.43. The van der Waals surface area contributed by atoms with Crippen LogP contribution < -0.4 is 0 Å². The van der Waals surface area contributed by atoms with Gasteiger partial charge in [0.2, 0.25) is 0 Å². The molecule has 0 radical (unpaired) electrons. The van der Waals surface area contributed by atoms with Crippen LogP contribution in [0.4, 0.5) is 0 Å². The Morgan fingerprint density at radius 3 is 2.21 bits per heavy atom. The number of carbonyl (C=O) groups is 1. The third-order valence-electron chi connectivity index (χ3n) is 3.29. The van der Waals surface area contributed by atoms with E-state index < -0.39 is 18.3 Å². The van der Waals surface area contributed by atoms with Crippen LogP contribution >= 0.6 is 0 Å². The standard InChI is InChI=1S/C16H14O3/c17-13(11-7-3-1-4-8-11)15-16(19-15)14(18)12-9-5-2-6-10-12/h1-10,13,15-17H/t13-,15+,16+/m0/s1. The minimum atomic E-state index is -0.751. The minimum Gasteiger partial charge on any atom is -0.386 e. The molecule has 1 saturated heterocycles. The molecule has 0 bridgehead atoms. The molecule has 3 nitrogen and oxygen atoms in total. The lowest BCUT2D eigenvalue weighted by Gasteiger charge is -2.07. The molecule has 3 heteroatoms. The summed E-state index contributed by atoms with van der Waals surface area (Å²) in [5.74, 6) is -0.0689. The number of aliphatic hydroxyl groups excluding tert-OH is 1. The fraction of sp³-hybridized carbons (Fsp3) is 0.188. The lowest BCUT2D eigenvalue weighted by molar-refractivity contribution is 0.0953. The van der Waals surface area contributed by atoms with Crippen molar-refractivity contribution >= 4 is 5.78 Å². The molecule has 1 N–H and O–H groups in total. The highest BCUT2D eigenvalue weighted by Crippen LogP contribution is 2.36. The largest absolute Gasteiger partial charge is 0.386 e. The summed E-state index contributed by atoms with van der Waals surface area (Å²) in [6.45, 7) is 0. The summed E-state index contributed by atoms with van der Waals surface area (Å²) in [5, 5.41) is 10.1. The number of hydrogen-bond donors (Lipinski definition) is 1. The number of aliphatic hydroxyl groups is 1. The fourth-order valence-corrected chi connectivity index (χ4v) is 2.18. The number of epoxide rings is 1. The summed E-state index contributed by atoms with van der Waals surface area (Å²) >= 11 is 0. The van der Waals surface area contributed by atoms with E-state index in [0.29, 0.717) is 5.56 Å². The van der Waals surface area contributed by atoms with Crippen LogP contribution in [0.15, 0.2) is 60.7 Å². The van der Waals surface area contributed by atoms with E-state index in [-0.39, 0.29) is 5.78 Å². The molecule has 19 heavy (non-hydrogen) atoms. The molecule has 0 aromatic heterocycles. The van der Waals surface area contributed by atoms with Crippen molar-refractivity contribution in [3.05, 3.63) is 71.8 Å². The molecule has 96 valence electrons. The van der Waals surface area contributed by atoms with Crippen LogP contribution in [-0.2, 0) is 4.74 Å². The maximum atomic E-state index is 12.1. The highest BCUT2D eigenvalue weighted by molar-refractivity contribution is 6.01. The van der Waals surface area contributed by atoms with Crippen molar-refractivity contribution in [2.45, 2.75) is 18.3 Å². The molecule has 2 aromatic rings. The van der Waals surface area contributed by atoms with Gasteiger partial charge in [-0.25, -0.2) is 0 Å². The topological polar surface area (TPSA) is 49.8 Å². The number of carbonyl (C=O) groups excluding carboxylic acids is 1. The predicted octanol–water partition coefficient (Wildman–Crippen LogP) is 2.37. The van der Waals surface area contributed by atoms with Crippen LogP contribution in [0.1, 0.15) is 22.0 Å². The Kier molecular flexibility index (Phi) is 3.15. The van der Waals surface area contributed by atoms with E-state index in [4.69, 9.17) is 4.74 Å². The second-order valence-electron chi connectivity index (χ2n) is 4.61. The van der Waals surface area contributed by atoms with Crippen molar-refractivity contribution in [1.29, 1.82) is 0 Å². The van der Waals surface area contributed by atoms with Gasteiger partial charge in [-0.1, -0.05) is 60.7 Å². The van der Waals surface area contributed by atoms with Gasteiger partial charge in [0.25, 0.3) is 0 Å². The van der Waals surface area contributed by atoms with Crippen LogP contribution in [-0.4, -0.2) is 23.1 Å². The number of benzene rings is 2. The first-order valence-corrected chi connectivity index (χ1v) is 6.25. The maximum Gasteiger partial charge on any atom is 0.194 e. The Morgan fingerprint density at radius 2 is 1.58 bits per heavy atom. The zero-order valence-corrected chi connectivity index (χ0v) is 10.3. The summed E-state index contributed by atoms with van der Waals surface area (Å²) in [4.78, 5) is 12.1. The maximum absolute atomic E-state index is 12.1. The number of ketones is 1. The Bertz CT molecular complexity index is 565. The lowest BCUT2D eigenvalue weighted by atomic mass is 10.0. The van der Waals surface area contributed by atoms with E-state index >= 15 is 0 Å². The third-order valence-corrected chi connectivity index (χ3v) is 3.29. The molecule has 3 atom stereocenters. The Balaban J connectivity index is 1.70. The molecular formula is C16H14O3. The Morgan fingerprint density at radius 1 is 1.00 bits per heavy atom. The van der Waals surface area contributed by atoms with Crippen molar-refractivity contribution in [3.8, 4) is 0 Å². The van der Waals surface area contributed by atoms with Crippen molar-refractivity contribution in [2.24, 2.45) is 0 Å². The van der Waals surface area contributed by atoms with Gasteiger partial charge in [-0.2, -0.15) is 0 Å². The van der Waals surface area contributed by atoms with E-state index in [9.17, 15) is 9.90 Å². The van der Waals surface area contributed by atoms with Crippen LogP contribution in [0.5, 0.6) is 0 Å². The Labute approximate surface area is 111 Å². The van der Waals surface area contributed by atoms with Gasteiger partial charge in [0.05, 0.1) is 0 Å². The van der Waals surface area contributed by atoms with Gasteiger partial charge in [0, 0.05) is 5.56 Å². The normalized spacial score (nSPS) is 22.8. The van der Waals surface area contributed by atoms with Gasteiger partial charge < -0.3 is 9.84 Å². The first-order valence-electron chi connectivity index (χ1n) is 6.25. The summed E-state index contributed by atoms with van der Waals surface area (Å²) in [6, 6.07) is 18.3. The SMILES string of the molecule is O=C(c1ccccc1)[C@H]1O[C@@H]1[C@@H](O)c1ccccc1. The smallest absolute Gasteiger partial charge is 0.194 e. The summed E-state index contributed by atoms with van der Waals surface area (Å²) in [6.07, 6.45) is -1.72. The fourth-order valence-electron chi connectivity index (χ4n) is 2.18. The van der Waals surface area contributed by atoms with E-state index in [1.54, 1.807) is 12.1 Å². The van der Waals surface area contributed by atoms with Crippen molar-refractivity contribution in [3.63, 3.8) is 0 Å². The van der Waals surface area contributed by atoms with Crippen molar-refractivity contribution in [1.82, 2.24) is 0 Å². The van der Waals surface area contributed by atoms with E-state index in [1.165, 1.54) is 0 Å². The van der Waals surface area contributed by atoms with Gasteiger partial charge in [-0.15, -0.1) is 0 Å². The van der Waals surface area contributed by atoms with Gasteiger partial charge in [0.15, 0.2) is 5.78 Å². The van der Waals surface area contributed by atoms with Crippen LogP contribution in [0.3, 0.4) is 0 Å². The second-order valence-corrected chi connectivity index (χ2v) is 4.61. The van der Waals surface area contributed by atoms with Crippen LogP contribution in [0, 0.1) is 0 Å². The molecule has 0 saturated carbocycles. The number of hydrogen-bond acceptors (Lipinski definition) is 3. The van der Waals surface area contributed by atoms with Gasteiger partial charge in [-0.3, -0.25) is 4.79 Å². The molecule has 2 aromatic carbocycles. The monoisotopic (exact) mass is 254 g/mol. The second kappa shape index (κ2) is 4.96. The molecule has 1 fully saturated rings. The molecule has 1 aliphatic rings. The highest BCUT2D eigenvalue weighted by Gasteiger charge is 2.49. The molecule has 0 amide bonds. The first kappa shape index (κ1) is 12.1. The average Bonchev–Trinajstić information content (AvgIpc) is 3.28. The first-order chi connectivity index (χ1) is 9.27. The van der Waals surface area contributed by atoms with E-state index in [0.717, 1.165) is 5.56 Å². The Hall–Kier alpha value is -1.97. The molecule has 1 aliphatic heterocycles. The molecule has 3 rings (SSSR count). The number of rotatable bonds is 4. The predicted molar refractivity (Wildman–Crippen MR) is 70.8 cm³/mol. The van der Waals surface area contributed by atoms with Gasteiger partial charge in [-0.05, 0) is 5.56 Å². The summed E-state index contributed by atoms with van der Waals surface area (Å²) < 4.78 is 5.35. The van der Waals surface area contributed by atoms with Crippen LogP contribution in [0.25, 0.3) is 0 Å². The molecule has 0 unspecified atom stereocenters. The average molecular weight is 254 g/mol. The van der Waals surface area contributed by atoms with Crippen molar-refractivity contribution in [2.75, 3.05) is 0 Å². The minimum absolute atomic E-state index is 0.0689. The zero-order valence-electron chi connectivity index (χ0n) is 10.3. The lowest BCUT2D eigenvalue weighted by Crippen LogP contribution is -2.15. The van der Waals surface area contributed by atoms with E-state index in [1.807, 2.05) is 48.5 Å². The van der Waals surface area contributed by atoms with Crippen LogP contribution in [0.2, 0.25) is 0 Å². The molecular weight excluding hydrogens is 240 g/mol. The summed E-state index contributed by atoms with van der Waals surface area (Å²) in [5.41, 5.74) is 1.39. The zero-order chi connectivity index (χ0) is 13.2. The summed E-state index contributed by atoms with van der Waals surface area (Å²) in [7, 11) is 0. The number of ether oxygens (including phenoxy) is 1. The van der Waals surface area contributed by atoms with Crippen molar-refractivity contribution < 1.29 is 14.6 Å². The molecule has 0 aliphatic carbocycles. The quantitative estimate of drug-likeness (QED) is 0.673. The number of Topliss-reactive ketones (excluding diaryl/α,β-unsaturated/α-hetero) is 1. The molecule has 0 spiro atoms.